The Morgan fingerprint density at radius 1 is 0.546 bits per heavy atom. The lowest BCUT2D eigenvalue weighted by molar-refractivity contribution is -0.149. The summed E-state index contributed by atoms with van der Waals surface area (Å²) >= 11 is 15.7. The van der Waals surface area contributed by atoms with E-state index in [9.17, 15) is 47.9 Å². The van der Waals surface area contributed by atoms with Gasteiger partial charge in [-0.2, -0.15) is 23.5 Å². The lowest BCUT2D eigenvalue weighted by Crippen LogP contribution is -2.42. The summed E-state index contributed by atoms with van der Waals surface area (Å²) in [5.41, 5.74) is 9.92. The molecule has 37 heteroatoms. The van der Waals surface area contributed by atoms with Crippen LogP contribution in [0.15, 0.2) is 79.5 Å². The van der Waals surface area contributed by atoms with E-state index < -0.39 is 24.1 Å². The zero-order chi connectivity index (χ0) is 86.4. The van der Waals surface area contributed by atoms with Gasteiger partial charge in [-0.3, -0.25) is 28.8 Å². The number of nitrogens with two attached hydrogens (primary N) is 1. The van der Waals surface area contributed by atoms with Crippen LogP contribution in [0.25, 0.3) is 0 Å². The molecule has 4 unspecified atom stereocenters. The van der Waals surface area contributed by atoms with Crippen molar-refractivity contribution in [3.05, 3.63) is 101 Å². The summed E-state index contributed by atoms with van der Waals surface area (Å²) < 4.78 is 46.6. The molecule has 30 nitrogen and oxygen atoms in total. The molecule has 2 aromatic heterocycles. The predicted octanol–water partition coefficient (Wildman–Crippen LogP) is 9.93. The van der Waals surface area contributed by atoms with Gasteiger partial charge in [-0.25, -0.2) is 29.1 Å². The Labute approximate surface area is 747 Å². The second-order valence-corrected chi connectivity index (χ2v) is 37.9. The van der Waals surface area contributed by atoms with Crippen LogP contribution < -0.4 is 53.6 Å². The molecule has 2 aromatic rings. The summed E-state index contributed by atoms with van der Waals surface area (Å²) in [5, 5.41) is 33.0. The summed E-state index contributed by atoms with van der Waals surface area (Å²) in [5.74, 6) is 0.250. The van der Waals surface area contributed by atoms with E-state index in [1.54, 1.807) is 18.2 Å². The van der Waals surface area contributed by atoms with Crippen molar-refractivity contribution >= 4 is 160 Å². The van der Waals surface area contributed by atoms with Gasteiger partial charge in [-0.1, -0.05) is 117 Å². The molecule has 0 aromatic carbocycles. The minimum Gasteiger partial charge on any atom is -0.462 e. The standard InChI is InChI=1S/C41H61BrN6O9S2.C23H31BrN2O4S.C18H31IN4O5S/c1-26-8-7-11-38(51)57-31(20-28(3)42)22-37-46-32(24-59-37)27(2)19-30(21-39(52)56-29(4)18-26)45-23-36(50)44-13-15-55-17-16-54-14-12-43-35(49)10-6-5-9-34-40-33(25-58-34)47-41(53)48-40;1-14-6-5-7-22(27)30-19(10-16(3)24)12-21-26-20(13-31-21)15(2)9-18(25)11-23(28)29-17(4)8-14;19-11-16(25)21-6-8-28-10-9-27-7-5-20-15(24)4-2-1-3-14-17-13(12-29-14)22-18(26)23-17/h7-8,11,20,24,27,29-31,33-34,40,45H,5-6,9-10,12-19,21-23,25H2,1-4H3,(H,43,49)(H,44,50)(H2,47,48,53);5-7,10,13,15,17-19H,8-9,11-12,25H2,1-4H3;13-14,17H,1-12H2,(H,20,24)(H,21,25)(H2,22,23,26)/b11-7-,26-8+,28-20+;7-5-,14-6+,16-10+;/t27-,29-,30?,31?,33-,34-,40-;15-,17-,18?,19?;13-,14-,17-/m000/s1. The van der Waals surface area contributed by atoms with Crippen LogP contribution in [0.2, 0.25) is 0 Å². The summed E-state index contributed by atoms with van der Waals surface area (Å²) in [6.45, 7) is 20.3. The Morgan fingerprint density at radius 3 is 1.39 bits per heavy atom. The Kier molecular flexibility index (Phi) is 49.3. The number of thioether (sulfide) groups is 2. The number of nitrogens with one attached hydrogen (secondary N) is 9. The molecule has 8 rings (SSSR count). The monoisotopic (exact) mass is 1980 g/mol. The number of hydrogen-bond acceptors (Lipinski definition) is 26. The molecule has 0 aliphatic carbocycles. The molecule has 0 saturated carbocycles. The number of carbonyl (C=O) groups is 10. The number of esters is 4. The number of nitrogens with zero attached hydrogens (tertiary/aromatic N) is 2. The third-order valence-electron chi connectivity index (χ3n) is 19.4. The van der Waals surface area contributed by atoms with Gasteiger partial charge in [0.25, 0.3) is 0 Å². The molecule has 119 heavy (non-hydrogen) atoms. The summed E-state index contributed by atoms with van der Waals surface area (Å²) in [7, 11) is 0. The van der Waals surface area contributed by atoms with Crippen LogP contribution in [0.1, 0.15) is 179 Å². The van der Waals surface area contributed by atoms with Gasteiger partial charge in [0.15, 0.2) is 0 Å². The predicted molar refractivity (Wildman–Crippen MR) is 480 cm³/mol. The Bertz CT molecular complexity index is 3730. The molecule has 6 aliphatic heterocycles. The zero-order valence-electron chi connectivity index (χ0n) is 69.6. The zero-order valence-corrected chi connectivity index (χ0v) is 78.2. The first-order valence-corrected chi connectivity index (χ1v) is 47.9. The maximum absolute atomic E-state index is 13.1. The number of halogens is 3. The Balaban J connectivity index is 0.000000307. The number of rotatable bonds is 34. The molecular formula is C82H123Br2IN12O18S4. The fourth-order valence-corrected chi connectivity index (χ4v) is 19.5. The highest BCUT2D eigenvalue weighted by Crippen LogP contribution is 2.35. The fourth-order valence-electron chi connectivity index (χ4n) is 13.7. The molecule has 11 N–H and O–H groups in total. The van der Waals surface area contributed by atoms with Crippen LogP contribution in [-0.2, 0) is 89.1 Å². The fraction of sp³-hybridized carbons (Fsp3) is 0.659. The first-order valence-electron chi connectivity index (χ1n) is 40.9. The van der Waals surface area contributed by atoms with Crippen molar-refractivity contribution in [1.29, 1.82) is 0 Å². The van der Waals surface area contributed by atoms with E-state index in [0.29, 0.717) is 145 Å². The van der Waals surface area contributed by atoms with E-state index in [1.807, 2.05) is 130 Å². The number of thiazole rings is 2. The normalized spacial score (nSPS) is 26.8. The molecule has 4 bridgehead atoms. The van der Waals surface area contributed by atoms with Crippen molar-refractivity contribution in [2.24, 2.45) is 5.73 Å². The number of hydrogen-bond donors (Lipinski definition) is 10. The van der Waals surface area contributed by atoms with Gasteiger partial charge in [-0.15, -0.1) is 22.7 Å². The number of ether oxygens (including phenoxy) is 8. The number of aromatic nitrogens is 2. The van der Waals surface area contributed by atoms with E-state index in [4.69, 9.17) is 53.6 Å². The van der Waals surface area contributed by atoms with Crippen LogP contribution in [0.5, 0.6) is 0 Å². The molecular weight excluding hydrogens is 1860 g/mol. The average molecular weight is 1980 g/mol. The molecule has 0 radical (unpaired) electrons. The van der Waals surface area contributed by atoms with Crippen molar-refractivity contribution in [3.63, 3.8) is 0 Å². The van der Waals surface area contributed by atoms with Crippen LogP contribution in [0.3, 0.4) is 0 Å². The second kappa shape index (κ2) is 57.6. The van der Waals surface area contributed by atoms with Gasteiger partial charge in [0.2, 0.25) is 23.6 Å². The molecule has 0 spiro atoms. The number of carbonyl (C=O) groups excluding carboxylic acids is 10. The highest BCUT2D eigenvalue weighted by molar-refractivity contribution is 14.1. The van der Waals surface area contributed by atoms with Crippen molar-refractivity contribution in [2.45, 2.75) is 241 Å². The number of amides is 8. The van der Waals surface area contributed by atoms with Gasteiger partial charge in [0.1, 0.15) is 24.4 Å². The van der Waals surface area contributed by atoms with Gasteiger partial charge >= 0.3 is 35.9 Å². The molecule has 4 fully saturated rings. The molecule has 8 amide bonds. The van der Waals surface area contributed by atoms with Gasteiger partial charge in [0.05, 0.1) is 122 Å². The minimum atomic E-state index is -0.503. The minimum absolute atomic E-state index is 0.00295. The maximum atomic E-state index is 13.1. The highest BCUT2D eigenvalue weighted by atomic mass is 127. The Hall–Kier alpha value is -5.85. The van der Waals surface area contributed by atoms with Crippen LogP contribution >= 0.6 is 101 Å². The number of urea groups is 2. The average Bonchev–Trinajstić information content (AvgIpc) is 1.67. The number of cyclic esters (lactones) is 4. The maximum Gasteiger partial charge on any atom is 0.331 e. The SMILES string of the molecule is C/C(Br)=C\C1Cc2nc(cs2)[C@@H](C)CC(N)CC(=O)O[C@@H](C)C/C(C)=C/C=C\C(=O)O1.C/C(Br)=C\C1Cc2nc(cs2)[C@@H](C)CC(NCC(=O)NCCOCCOCCNC(=O)CCCC[C@@H]2SC[C@@H]3NC(=O)N[C@@H]32)CC(=O)O[C@@H](C)C/C(C)=C/C=C\C(=O)O1.O=C(CI)NCCOCCOCCNC(=O)CCCC[C@@H]1SC[C@@H]2NC(=O)N[C@@H]21. The van der Waals surface area contributed by atoms with Crippen LogP contribution in [0.4, 0.5) is 9.59 Å². The molecule has 8 heterocycles. The number of fused-ring (bicyclic) bond motifs is 6. The third kappa shape index (κ3) is 43.4. The molecule has 664 valence electrons. The van der Waals surface area contributed by atoms with E-state index in [0.717, 1.165) is 91.5 Å². The van der Waals surface area contributed by atoms with Crippen molar-refractivity contribution in [1.82, 2.24) is 57.8 Å². The van der Waals surface area contributed by atoms with E-state index in [-0.39, 0.29) is 127 Å². The van der Waals surface area contributed by atoms with E-state index in [1.165, 1.54) is 34.8 Å². The van der Waals surface area contributed by atoms with Crippen molar-refractivity contribution in [3.8, 4) is 0 Å². The quantitative estimate of drug-likeness (QED) is 0.00777. The van der Waals surface area contributed by atoms with Gasteiger partial charge < -0.3 is 91.5 Å². The highest BCUT2D eigenvalue weighted by Gasteiger charge is 2.44. The topological polar surface area (TPSA) is 405 Å². The lowest BCUT2D eigenvalue weighted by Gasteiger charge is -2.22. The molecule has 6 aliphatic rings. The van der Waals surface area contributed by atoms with Crippen molar-refractivity contribution in [2.75, 3.05) is 102 Å². The molecule has 4 saturated heterocycles. The second-order valence-electron chi connectivity index (χ2n) is 30.2. The van der Waals surface area contributed by atoms with Crippen molar-refractivity contribution < 1.29 is 85.8 Å². The summed E-state index contributed by atoms with van der Waals surface area (Å²) in [6, 6.07) is 0.124. The van der Waals surface area contributed by atoms with E-state index >= 15 is 0 Å². The van der Waals surface area contributed by atoms with Gasteiger partial charge in [0, 0.05) is 134 Å². The third-order valence-corrected chi connectivity index (χ3v) is 25.4. The van der Waals surface area contributed by atoms with Crippen LogP contribution in [0, 0.1) is 0 Å². The number of allylic oxidation sites excluding steroid dienone is 6. The molecule has 14 atom stereocenters. The smallest absolute Gasteiger partial charge is 0.331 e. The lowest BCUT2D eigenvalue weighted by atomic mass is 9.97. The van der Waals surface area contributed by atoms with Crippen LogP contribution in [-0.4, -0.2) is 242 Å². The first kappa shape index (κ1) is 102. The summed E-state index contributed by atoms with van der Waals surface area (Å²) in [6.07, 6.45) is 21.8. The van der Waals surface area contributed by atoms with E-state index in [2.05, 4.69) is 79.7 Å². The Morgan fingerprint density at radius 2 is 0.958 bits per heavy atom. The number of alkyl halides is 1. The number of unbranched alkanes of at least 4 members (excludes halogenated alkanes) is 2. The summed E-state index contributed by atoms with van der Waals surface area (Å²) in [4.78, 5) is 130. The first-order chi connectivity index (χ1) is 57.1. The van der Waals surface area contributed by atoms with Gasteiger partial charge in [-0.05, 0) is 101 Å². The largest absolute Gasteiger partial charge is 0.462 e.